The highest BCUT2D eigenvalue weighted by atomic mass is 16.5. The number of carbonyl (C=O) groups is 2. The molecule has 0 bridgehead atoms. The van der Waals surface area contributed by atoms with Crippen LogP contribution in [0.3, 0.4) is 0 Å². The van der Waals surface area contributed by atoms with Crippen molar-refractivity contribution < 1.29 is 19.4 Å². The van der Waals surface area contributed by atoms with Gasteiger partial charge in [0.25, 0.3) is 5.91 Å². The zero-order valence-electron chi connectivity index (χ0n) is 12.5. The van der Waals surface area contributed by atoms with E-state index in [-0.39, 0.29) is 19.1 Å². The highest BCUT2D eigenvalue weighted by Crippen LogP contribution is 2.20. The SMILES string of the molecule is O=C(O)[C@H]1COCCN1C(=O)c1ccc(-c2ccccc2)cc1. The molecule has 1 aliphatic heterocycles. The number of ether oxygens (including phenoxy) is 1. The molecule has 0 aliphatic carbocycles. The van der Waals surface area contributed by atoms with Crippen molar-refractivity contribution in [3.8, 4) is 11.1 Å². The van der Waals surface area contributed by atoms with Crippen LogP contribution >= 0.6 is 0 Å². The molecule has 1 fully saturated rings. The Morgan fingerprint density at radius 1 is 1.00 bits per heavy atom. The highest BCUT2D eigenvalue weighted by molar-refractivity contribution is 5.97. The molecule has 2 aromatic rings. The third kappa shape index (κ3) is 3.24. The van der Waals surface area contributed by atoms with E-state index < -0.39 is 12.0 Å². The fourth-order valence-electron chi connectivity index (χ4n) is 2.65. The Labute approximate surface area is 134 Å². The minimum atomic E-state index is -1.04. The molecule has 5 heteroatoms. The normalized spacial score (nSPS) is 17.7. The Morgan fingerprint density at radius 2 is 1.65 bits per heavy atom. The van der Waals surface area contributed by atoms with Crippen LogP contribution in [0.25, 0.3) is 11.1 Å². The second kappa shape index (κ2) is 6.62. The van der Waals surface area contributed by atoms with Gasteiger partial charge in [0, 0.05) is 12.1 Å². The molecule has 2 aromatic carbocycles. The predicted octanol–water partition coefficient (Wildman–Crippen LogP) is 2.28. The summed E-state index contributed by atoms with van der Waals surface area (Å²) < 4.78 is 5.16. The van der Waals surface area contributed by atoms with Crippen molar-refractivity contribution in [3.05, 3.63) is 60.2 Å². The van der Waals surface area contributed by atoms with Crippen LogP contribution in [0.15, 0.2) is 54.6 Å². The van der Waals surface area contributed by atoms with Gasteiger partial charge >= 0.3 is 5.97 Å². The Bertz CT molecular complexity index is 697. The van der Waals surface area contributed by atoms with Crippen LogP contribution in [0.1, 0.15) is 10.4 Å². The van der Waals surface area contributed by atoms with Gasteiger partial charge in [0.05, 0.1) is 13.2 Å². The van der Waals surface area contributed by atoms with Crippen molar-refractivity contribution >= 4 is 11.9 Å². The Hall–Kier alpha value is -2.66. The number of rotatable bonds is 3. The van der Waals surface area contributed by atoms with Crippen LogP contribution in [0.5, 0.6) is 0 Å². The van der Waals surface area contributed by atoms with Crippen LogP contribution in [-0.4, -0.2) is 47.7 Å². The quantitative estimate of drug-likeness (QED) is 0.944. The van der Waals surface area contributed by atoms with Gasteiger partial charge in [-0.15, -0.1) is 0 Å². The van der Waals surface area contributed by atoms with E-state index in [0.717, 1.165) is 11.1 Å². The van der Waals surface area contributed by atoms with Gasteiger partial charge in [0.1, 0.15) is 0 Å². The monoisotopic (exact) mass is 311 g/mol. The van der Waals surface area contributed by atoms with Crippen molar-refractivity contribution in [1.29, 1.82) is 0 Å². The maximum Gasteiger partial charge on any atom is 0.328 e. The summed E-state index contributed by atoms with van der Waals surface area (Å²) in [5, 5.41) is 9.22. The topological polar surface area (TPSA) is 66.8 Å². The fourth-order valence-corrected chi connectivity index (χ4v) is 2.65. The number of hydrogen-bond donors (Lipinski definition) is 1. The highest BCUT2D eigenvalue weighted by Gasteiger charge is 2.33. The Kier molecular flexibility index (Phi) is 4.39. The molecule has 5 nitrogen and oxygen atoms in total. The molecule has 0 radical (unpaired) electrons. The lowest BCUT2D eigenvalue weighted by atomic mass is 10.0. The first-order valence-electron chi connectivity index (χ1n) is 7.44. The number of nitrogens with zero attached hydrogens (tertiary/aromatic N) is 1. The number of carboxylic acid groups (broad SMARTS) is 1. The van der Waals surface area contributed by atoms with E-state index in [4.69, 9.17) is 4.74 Å². The van der Waals surface area contributed by atoms with Crippen LogP contribution in [-0.2, 0) is 9.53 Å². The molecule has 0 spiro atoms. The largest absolute Gasteiger partial charge is 0.480 e. The molecular formula is C18H17NO4. The predicted molar refractivity (Wildman–Crippen MR) is 85.2 cm³/mol. The number of carboxylic acids is 1. The van der Waals surface area contributed by atoms with E-state index in [9.17, 15) is 14.7 Å². The molecule has 1 aliphatic rings. The van der Waals surface area contributed by atoms with Gasteiger partial charge in [0.15, 0.2) is 6.04 Å². The van der Waals surface area contributed by atoms with Crippen molar-refractivity contribution in [2.75, 3.05) is 19.8 Å². The maximum absolute atomic E-state index is 12.6. The van der Waals surface area contributed by atoms with Crippen molar-refractivity contribution in [2.24, 2.45) is 0 Å². The fraction of sp³-hybridized carbons (Fsp3) is 0.222. The summed E-state index contributed by atoms with van der Waals surface area (Å²) >= 11 is 0. The first kappa shape index (κ1) is 15.2. The van der Waals surface area contributed by atoms with E-state index in [0.29, 0.717) is 12.2 Å². The molecule has 1 N–H and O–H groups in total. The average Bonchev–Trinajstić information content (AvgIpc) is 2.62. The van der Waals surface area contributed by atoms with Crippen molar-refractivity contribution in [3.63, 3.8) is 0 Å². The summed E-state index contributed by atoms with van der Waals surface area (Å²) in [4.78, 5) is 25.2. The summed E-state index contributed by atoms with van der Waals surface area (Å²) in [6.45, 7) is 0.678. The lowest BCUT2D eigenvalue weighted by Gasteiger charge is -2.32. The van der Waals surface area contributed by atoms with Crippen LogP contribution in [0, 0.1) is 0 Å². The molecule has 0 aromatic heterocycles. The summed E-state index contributed by atoms with van der Waals surface area (Å²) in [6, 6.07) is 16.2. The van der Waals surface area contributed by atoms with Gasteiger partial charge in [-0.25, -0.2) is 4.79 Å². The molecule has 1 heterocycles. The zero-order chi connectivity index (χ0) is 16.2. The number of morpholine rings is 1. The Morgan fingerprint density at radius 3 is 2.30 bits per heavy atom. The van der Waals surface area contributed by atoms with E-state index >= 15 is 0 Å². The second-order valence-corrected chi connectivity index (χ2v) is 5.37. The first-order chi connectivity index (χ1) is 11.2. The average molecular weight is 311 g/mol. The van der Waals surface area contributed by atoms with Crippen LogP contribution in [0.4, 0.5) is 0 Å². The number of carbonyl (C=O) groups excluding carboxylic acids is 1. The van der Waals surface area contributed by atoms with Gasteiger partial charge < -0.3 is 14.7 Å². The molecule has 23 heavy (non-hydrogen) atoms. The zero-order valence-corrected chi connectivity index (χ0v) is 12.5. The lowest BCUT2D eigenvalue weighted by molar-refractivity contribution is -0.147. The van der Waals surface area contributed by atoms with Gasteiger partial charge in [-0.2, -0.15) is 0 Å². The van der Waals surface area contributed by atoms with Gasteiger partial charge in [-0.05, 0) is 23.3 Å². The molecule has 1 atom stereocenters. The van der Waals surface area contributed by atoms with Crippen molar-refractivity contribution in [1.82, 2.24) is 4.90 Å². The molecule has 1 amide bonds. The summed E-state index contributed by atoms with van der Waals surface area (Å²) in [7, 11) is 0. The van der Waals surface area contributed by atoms with Gasteiger partial charge in [-0.1, -0.05) is 42.5 Å². The maximum atomic E-state index is 12.6. The lowest BCUT2D eigenvalue weighted by Crippen LogP contribution is -2.52. The summed E-state index contributed by atoms with van der Waals surface area (Å²) in [6.07, 6.45) is 0. The number of benzene rings is 2. The Balaban J connectivity index is 1.81. The second-order valence-electron chi connectivity index (χ2n) is 5.37. The summed E-state index contributed by atoms with van der Waals surface area (Å²) in [5.74, 6) is -1.32. The molecule has 118 valence electrons. The van der Waals surface area contributed by atoms with E-state index in [2.05, 4.69) is 0 Å². The van der Waals surface area contributed by atoms with Crippen molar-refractivity contribution in [2.45, 2.75) is 6.04 Å². The summed E-state index contributed by atoms with van der Waals surface area (Å²) in [5.41, 5.74) is 2.57. The molecule has 3 rings (SSSR count). The van der Waals surface area contributed by atoms with Gasteiger partial charge in [0.2, 0.25) is 0 Å². The van der Waals surface area contributed by atoms with Crippen LogP contribution < -0.4 is 0 Å². The third-order valence-corrected chi connectivity index (χ3v) is 3.91. The molecular weight excluding hydrogens is 294 g/mol. The molecule has 0 saturated carbocycles. The first-order valence-corrected chi connectivity index (χ1v) is 7.44. The minimum Gasteiger partial charge on any atom is -0.480 e. The minimum absolute atomic E-state index is 0.0309. The number of hydrogen-bond acceptors (Lipinski definition) is 3. The van der Waals surface area contributed by atoms with Gasteiger partial charge in [-0.3, -0.25) is 4.79 Å². The molecule has 0 unspecified atom stereocenters. The third-order valence-electron chi connectivity index (χ3n) is 3.91. The smallest absolute Gasteiger partial charge is 0.328 e. The number of amides is 1. The van der Waals surface area contributed by atoms with Crippen LogP contribution in [0.2, 0.25) is 0 Å². The van der Waals surface area contributed by atoms with E-state index in [1.165, 1.54) is 4.90 Å². The number of aliphatic carboxylic acids is 1. The molecule has 1 saturated heterocycles. The van der Waals surface area contributed by atoms with E-state index in [1.54, 1.807) is 12.1 Å². The standard InChI is InChI=1S/C18H17NO4/c20-17(19-10-11-23-12-16(19)18(21)22)15-8-6-14(7-9-15)13-4-2-1-3-5-13/h1-9,16H,10-12H2,(H,21,22)/t16-/m1/s1. The van der Waals surface area contributed by atoms with E-state index in [1.807, 2.05) is 42.5 Å².